The molecule has 0 amide bonds. The topological polar surface area (TPSA) is 75.7 Å². The quantitative estimate of drug-likeness (QED) is 0.792. The first-order valence-electron chi connectivity index (χ1n) is 5.41. The van der Waals surface area contributed by atoms with Gasteiger partial charge in [-0.15, -0.1) is 0 Å². The second kappa shape index (κ2) is 6.48. The molecule has 0 saturated heterocycles. The van der Waals surface area contributed by atoms with Crippen molar-refractivity contribution >= 4 is 21.9 Å². The van der Waals surface area contributed by atoms with Crippen molar-refractivity contribution in [2.75, 3.05) is 25.4 Å². The summed E-state index contributed by atoms with van der Waals surface area (Å²) in [6, 6.07) is 5.08. The average Bonchev–Trinajstić information content (AvgIpc) is 2.34. The molecule has 0 radical (unpaired) electrons. The van der Waals surface area contributed by atoms with E-state index in [1.807, 2.05) is 0 Å². The zero-order chi connectivity index (χ0) is 14.5. The summed E-state index contributed by atoms with van der Waals surface area (Å²) in [6.45, 7) is -0.0304. The number of esters is 1. The fourth-order valence-electron chi connectivity index (χ4n) is 1.25. The van der Waals surface area contributed by atoms with Gasteiger partial charge in [-0.05, 0) is 18.2 Å². The van der Waals surface area contributed by atoms with Crippen LogP contribution in [-0.2, 0) is 19.7 Å². The number of hydrogen-bond acceptors (Lipinski definition) is 4. The molecule has 0 aliphatic rings. The molecule has 1 N–H and O–H groups in total. The first-order valence-corrected chi connectivity index (χ1v) is 6.85. The number of rotatable bonds is 6. The van der Waals surface area contributed by atoms with Crippen molar-refractivity contribution in [1.29, 1.82) is 0 Å². The molecular weight excluding hydrogens is 275 g/mol. The predicted molar refractivity (Wildman–Crippen MR) is 68.2 cm³/mol. The number of nitrogens with one attached hydrogen (secondary N) is 1. The van der Waals surface area contributed by atoms with Crippen molar-refractivity contribution in [1.82, 2.24) is 4.31 Å². The fraction of sp³-hybridized carbons (Fsp3) is 0.364. The Labute approximate surface area is 111 Å². The molecule has 1 aromatic carbocycles. The molecule has 19 heavy (non-hydrogen) atoms. The summed E-state index contributed by atoms with van der Waals surface area (Å²) in [7, 11) is -1.29. The third-order valence-electron chi connectivity index (χ3n) is 2.34. The monoisotopic (exact) mass is 290 g/mol. The van der Waals surface area contributed by atoms with Gasteiger partial charge in [0.2, 0.25) is 0 Å². The number of nitrogens with zero attached hydrogens (tertiary/aromatic N) is 1. The van der Waals surface area contributed by atoms with Gasteiger partial charge in [0, 0.05) is 13.6 Å². The summed E-state index contributed by atoms with van der Waals surface area (Å²) in [5.41, 5.74) is 0.116. The van der Waals surface area contributed by atoms with Crippen LogP contribution in [0.3, 0.4) is 0 Å². The number of methoxy groups -OCH3 is 1. The Morgan fingerprint density at radius 2 is 2.16 bits per heavy atom. The zero-order valence-electron chi connectivity index (χ0n) is 10.6. The molecule has 0 fully saturated rings. The van der Waals surface area contributed by atoms with Gasteiger partial charge >= 0.3 is 16.2 Å². The number of benzene rings is 1. The maximum Gasteiger partial charge on any atom is 0.306 e. The molecular formula is C11H15FN2O4S. The van der Waals surface area contributed by atoms with Crippen LogP contribution in [-0.4, -0.2) is 39.4 Å². The first kappa shape index (κ1) is 15.4. The summed E-state index contributed by atoms with van der Waals surface area (Å²) in [5.74, 6) is -1.05. The summed E-state index contributed by atoms with van der Waals surface area (Å²) in [4.78, 5) is 10.9. The molecule has 0 spiro atoms. The predicted octanol–water partition coefficient (Wildman–Crippen LogP) is 0.977. The molecule has 0 aliphatic carbocycles. The third kappa shape index (κ3) is 4.84. The van der Waals surface area contributed by atoms with Crippen molar-refractivity contribution in [3.05, 3.63) is 30.1 Å². The normalized spacial score (nSPS) is 11.4. The van der Waals surface area contributed by atoms with Crippen LogP contribution in [0.5, 0.6) is 0 Å². The smallest absolute Gasteiger partial charge is 0.306 e. The fourth-order valence-corrected chi connectivity index (χ4v) is 2.16. The van der Waals surface area contributed by atoms with E-state index < -0.39 is 22.0 Å². The lowest BCUT2D eigenvalue weighted by atomic mass is 10.3. The Kier molecular flexibility index (Phi) is 5.25. The van der Waals surface area contributed by atoms with Crippen LogP contribution < -0.4 is 4.72 Å². The van der Waals surface area contributed by atoms with Crippen molar-refractivity contribution in [3.8, 4) is 0 Å². The number of carbonyl (C=O) groups excluding carboxylic acids is 1. The molecule has 0 atom stereocenters. The highest BCUT2D eigenvalue weighted by Crippen LogP contribution is 2.12. The van der Waals surface area contributed by atoms with Gasteiger partial charge in [-0.2, -0.15) is 12.7 Å². The van der Waals surface area contributed by atoms with E-state index in [4.69, 9.17) is 0 Å². The highest BCUT2D eigenvalue weighted by atomic mass is 32.2. The van der Waals surface area contributed by atoms with Gasteiger partial charge in [-0.1, -0.05) is 6.07 Å². The van der Waals surface area contributed by atoms with E-state index in [1.165, 1.54) is 32.4 Å². The van der Waals surface area contributed by atoms with E-state index in [9.17, 15) is 17.6 Å². The second-order valence-corrected chi connectivity index (χ2v) is 5.54. The van der Waals surface area contributed by atoms with Gasteiger partial charge in [-0.25, -0.2) is 4.39 Å². The molecule has 0 bridgehead atoms. The number of anilines is 1. The van der Waals surface area contributed by atoms with E-state index in [2.05, 4.69) is 9.46 Å². The number of hydrogen-bond donors (Lipinski definition) is 1. The van der Waals surface area contributed by atoms with Crippen molar-refractivity contribution in [3.63, 3.8) is 0 Å². The Balaban J connectivity index is 2.67. The minimum Gasteiger partial charge on any atom is -0.469 e. The van der Waals surface area contributed by atoms with Crippen molar-refractivity contribution in [2.24, 2.45) is 0 Å². The molecule has 0 aromatic heterocycles. The van der Waals surface area contributed by atoms with E-state index in [0.717, 1.165) is 10.4 Å². The highest BCUT2D eigenvalue weighted by molar-refractivity contribution is 7.90. The van der Waals surface area contributed by atoms with Crippen LogP contribution in [0, 0.1) is 5.82 Å². The van der Waals surface area contributed by atoms with Crippen LogP contribution in [0.15, 0.2) is 24.3 Å². The zero-order valence-corrected chi connectivity index (χ0v) is 11.4. The molecule has 0 heterocycles. The van der Waals surface area contributed by atoms with Gasteiger partial charge < -0.3 is 4.74 Å². The standard InChI is InChI=1S/C11H15FN2O4S/c1-14(7-6-11(15)18-2)19(16,17)13-10-5-3-4-9(12)8-10/h3-5,8,13H,6-7H2,1-2H3. The molecule has 1 rings (SSSR count). The SMILES string of the molecule is COC(=O)CCN(C)S(=O)(=O)Nc1cccc(F)c1. The lowest BCUT2D eigenvalue weighted by molar-refractivity contribution is -0.140. The highest BCUT2D eigenvalue weighted by Gasteiger charge is 2.18. The number of carbonyl (C=O) groups is 1. The van der Waals surface area contributed by atoms with E-state index in [0.29, 0.717) is 0 Å². The van der Waals surface area contributed by atoms with Crippen molar-refractivity contribution in [2.45, 2.75) is 6.42 Å². The largest absolute Gasteiger partial charge is 0.469 e. The molecule has 8 heteroatoms. The van der Waals surface area contributed by atoms with Gasteiger partial charge in [0.25, 0.3) is 0 Å². The van der Waals surface area contributed by atoms with E-state index in [1.54, 1.807) is 0 Å². The summed E-state index contributed by atoms with van der Waals surface area (Å²) >= 11 is 0. The van der Waals surface area contributed by atoms with Crippen LogP contribution in [0.4, 0.5) is 10.1 Å². The van der Waals surface area contributed by atoms with Crippen molar-refractivity contribution < 1.29 is 22.3 Å². The van der Waals surface area contributed by atoms with Gasteiger partial charge in [0.05, 0.1) is 19.2 Å². The van der Waals surface area contributed by atoms with E-state index >= 15 is 0 Å². The summed E-state index contributed by atoms with van der Waals surface area (Å²) in [6.07, 6.45) is -0.0585. The number of halogens is 1. The molecule has 0 saturated carbocycles. The Hall–Kier alpha value is -1.67. The minimum atomic E-state index is -3.83. The Morgan fingerprint density at radius 3 is 2.74 bits per heavy atom. The lowest BCUT2D eigenvalue weighted by Crippen LogP contribution is -2.34. The minimum absolute atomic E-state index is 0.0304. The van der Waals surface area contributed by atoms with Crippen LogP contribution in [0.25, 0.3) is 0 Å². The Bertz CT molecular complexity index is 547. The van der Waals surface area contributed by atoms with Gasteiger partial charge in [0.15, 0.2) is 0 Å². The lowest BCUT2D eigenvalue weighted by Gasteiger charge is -2.17. The number of ether oxygens (including phenoxy) is 1. The molecule has 6 nitrogen and oxygen atoms in total. The third-order valence-corrected chi connectivity index (χ3v) is 3.84. The van der Waals surface area contributed by atoms with Crippen LogP contribution in [0.1, 0.15) is 6.42 Å². The first-order chi connectivity index (χ1) is 8.85. The van der Waals surface area contributed by atoms with Crippen LogP contribution >= 0.6 is 0 Å². The summed E-state index contributed by atoms with van der Waals surface area (Å²) in [5, 5.41) is 0. The van der Waals surface area contributed by atoms with Gasteiger partial charge in [0.1, 0.15) is 5.82 Å². The Morgan fingerprint density at radius 1 is 1.47 bits per heavy atom. The molecule has 0 unspecified atom stereocenters. The summed E-state index contributed by atoms with van der Waals surface area (Å²) < 4.78 is 44.2. The van der Waals surface area contributed by atoms with E-state index in [-0.39, 0.29) is 18.7 Å². The van der Waals surface area contributed by atoms with Gasteiger partial charge in [-0.3, -0.25) is 9.52 Å². The maximum atomic E-state index is 12.9. The molecule has 1 aromatic rings. The maximum absolute atomic E-state index is 12.9. The van der Waals surface area contributed by atoms with Crippen LogP contribution in [0.2, 0.25) is 0 Å². The molecule has 106 valence electrons. The molecule has 0 aliphatic heterocycles. The average molecular weight is 290 g/mol. The second-order valence-electron chi connectivity index (χ2n) is 3.77.